The molecule has 0 unspecified atom stereocenters. The molecule has 1 amide bonds. The number of nitrogens with one attached hydrogen (secondary N) is 1. The normalized spacial score (nSPS) is 22.6. The number of carbonyl (C=O) groups excluding carboxylic acids is 1. The molecule has 3 N–H and O–H groups in total. The molecule has 110 valence electrons. The van der Waals surface area contributed by atoms with E-state index in [1.165, 1.54) is 38.5 Å². The van der Waals surface area contributed by atoms with Crippen LogP contribution in [0.4, 0.5) is 0 Å². The standard InChI is InChI=1S/C17H26N2O/c1-2-4-13-7-9-16(10-8-13)19-12-14-5-3-6-15(11-14)17(18)20/h3,5-6,11,13,16,19H,2,4,7-10,12H2,1H3,(H2,18,20). The summed E-state index contributed by atoms with van der Waals surface area (Å²) >= 11 is 0. The van der Waals surface area contributed by atoms with Gasteiger partial charge in [0.1, 0.15) is 0 Å². The van der Waals surface area contributed by atoms with Gasteiger partial charge in [-0.1, -0.05) is 31.9 Å². The Hall–Kier alpha value is -1.35. The first-order chi connectivity index (χ1) is 9.69. The van der Waals surface area contributed by atoms with Crippen LogP contribution in [0, 0.1) is 5.92 Å². The summed E-state index contributed by atoms with van der Waals surface area (Å²) in [5, 5.41) is 3.61. The number of hydrogen-bond donors (Lipinski definition) is 2. The van der Waals surface area contributed by atoms with E-state index in [-0.39, 0.29) is 5.91 Å². The zero-order valence-electron chi connectivity index (χ0n) is 12.4. The Morgan fingerprint density at radius 2 is 2.05 bits per heavy atom. The van der Waals surface area contributed by atoms with Gasteiger partial charge in [-0.05, 0) is 49.3 Å². The molecule has 1 aliphatic rings. The van der Waals surface area contributed by atoms with Gasteiger partial charge in [-0.25, -0.2) is 0 Å². The Morgan fingerprint density at radius 3 is 2.70 bits per heavy atom. The van der Waals surface area contributed by atoms with Crippen molar-refractivity contribution in [2.45, 2.75) is 58.0 Å². The molecule has 1 aromatic carbocycles. The third-order valence-corrected chi connectivity index (χ3v) is 4.35. The molecule has 1 aromatic rings. The van der Waals surface area contributed by atoms with Crippen LogP contribution in [0.2, 0.25) is 0 Å². The number of nitrogens with two attached hydrogens (primary N) is 1. The highest BCUT2D eigenvalue weighted by Crippen LogP contribution is 2.27. The highest BCUT2D eigenvalue weighted by molar-refractivity contribution is 5.92. The van der Waals surface area contributed by atoms with Crippen molar-refractivity contribution in [1.82, 2.24) is 5.32 Å². The van der Waals surface area contributed by atoms with Gasteiger partial charge in [0.25, 0.3) is 0 Å². The first-order valence-corrected chi connectivity index (χ1v) is 7.81. The molecule has 0 atom stereocenters. The third-order valence-electron chi connectivity index (χ3n) is 4.35. The topological polar surface area (TPSA) is 55.1 Å². The first kappa shape index (κ1) is 15.0. The van der Waals surface area contributed by atoms with E-state index in [0.717, 1.165) is 18.0 Å². The molecule has 0 radical (unpaired) electrons. The maximum absolute atomic E-state index is 11.2. The summed E-state index contributed by atoms with van der Waals surface area (Å²) in [6.45, 7) is 3.10. The number of rotatable bonds is 6. The van der Waals surface area contributed by atoms with Crippen LogP contribution in [-0.4, -0.2) is 11.9 Å². The van der Waals surface area contributed by atoms with Gasteiger partial charge in [0, 0.05) is 18.2 Å². The van der Waals surface area contributed by atoms with Crippen LogP contribution in [-0.2, 0) is 6.54 Å². The highest BCUT2D eigenvalue weighted by atomic mass is 16.1. The summed E-state index contributed by atoms with van der Waals surface area (Å²) in [5.74, 6) is 0.586. The molecular weight excluding hydrogens is 248 g/mol. The van der Waals surface area contributed by atoms with Crippen molar-refractivity contribution in [1.29, 1.82) is 0 Å². The smallest absolute Gasteiger partial charge is 0.248 e. The van der Waals surface area contributed by atoms with Crippen LogP contribution in [0.5, 0.6) is 0 Å². The van der Waals surface area contributed by atoms with Gasteiger partial charge in [-0.15, -0.1) is 0 Å². The molecule has 1 saturated carbocycles. The van der Waals surface area contributed by atoms with Crippen molar-refractivity contribution >= 4 is 5.91 Å². The minimum absolute atomic E-state index is 0.355. The van der Waals surface area contributed by atoms with E-state index in [1.807, 2.05) is 18.2 Å². The summed E-state index contributed by atoms with van der Waals surface area (Å²) in [6, 6.07) is 8.22. The monoisotopic (exact) mass is 274 g/mol. The van der Waals surface area contributed by atoms with E-state index in [9.17, 15) is 4.79 Å². The lowest BCUT2D eigenvalue weighted by molar-refractivity contribution is 0.1000. The summed E-state index contributed by atoms with van der Waals surface area (Å²) in [5.41, 5.74) is 7.04. The van der Waals surface area contributed by atoms with E-state index < -0.39 is 0 Å². The zero-order valence-corrected chi connectivity index (χ0v) is 12.4. The quantitative estimate of drug-likeness (QED) is 0.836. The molecule has 0 aromatic heterocycles. The molecule has 1 aliphatic carbocycles. The third kappa shape index (κ3) is 4.34. The average molecular weight is 274 g/mol. The molecule has 0 aliphatic heterocycles. The largest absolute Gasteiger partial charge is 0.366 e. The second-order valence-electron chi connectivity index (χ2n) is 5.95. The van der Waals surface area contributed by atoms with Gasteiger partial charge >= 0.3 is 0 Å². The molecule has 1 fully saturated rings. The van der Waals surface area contributed by atoms with E-state index >= 15 is 0 Å². The molecule has 3 nitrogen and oxygen atoms in total. The molecule has 2 rings (SSSR count). The summed E-state index contributed by atoms with van der Waals surface area (Å²) < 4.78 is 0. The van der Waals surface area contributed by atoms with E-state index in [4.69, 9.17) is 5.73 Å². The predicted molar refractivity (Wildman–Crippen MR) is 82.5 cm³/mol. The Morgan fingerprint density at radius 1 is 1.30 bits per heavy atom. The van der Waals surface area contributed by atoms with Gasteiger partial charge in [0.2, 0.25) is 5.91 Å². The minimum atomic E-state index is -0.355. The number of carbonyl (C=O) groups is 1. The van der Waals surface area contributed by atoms with Gasteiger partial charge in [-0.2, -0.15) is 0 Å². The van der Waals surface area contributed by atoms with Gasteiger partial charge in [0.15, 0.2) is 0 Å². The molecular formula is C17H26N2O. The molecule has 0 saturated heterocycles. The molecule has 20 heavy (non-hydrogen) atoms. The Kier molecular flexibility index (Phi) is 5.60. The van der Waals surface area contributed by atoms with Crippen LogP contribution in [0.15, 0.2) is 24.3 Å². The predicted octanol–water partition coefficient (Wildman–Crippen LogP) is 3.23. The van der Waals surface area contributed by atoms with Crippen molar-refractivity contribution in [2.75, 3.05) is 0 Å². The first-order valence-electron chi connectivity index (χ1n) is 7.81. The summed E-state index contributed by atoms with van der Waals surface area (Å²) in [6.07, 6.45) is 7.95. The Bertz CT molecular complexity index is 436. The van der Waals surface area contributed by atoms with Crippen LogP contribution < -0.4 is 11.1 Å². The maximum atomic E-state index is 11.2. The average Bonchev–Trinajstić information content (AvgIpc) is 2.47. The van der Waals surface area contributed by atoms with Crippen molar-refractivity contribution in [3.05, 3.63) is 35.4 Å². The van der Waals surface area contributed by atoms with Crippen LogP contribution in [0.3, 0.4) is 0 Å². The van der Waals surface area contributed by atoms with Crippen molar-refractivity contribution in [3.63, 3.8) is 0 Å². The van der Waals surface area contributed by atoms with Crippen LogP contribution >= 0.6 is 0 Å². The lowest BCUT2D eigenvalue weighted by atomic mass is 9.83. The Balaban J connectivity index is 1.78. The molecule has 0 bridgehead atoms. The maximum Gasteiger partial charge on any atom is 0.248 e. The molecule has 0 heterocycles. The van der Waals surface area contributed by atoms with Gasteiger partial charge in [0.05, 0.1) is 0 Å². The van der Waals surface area contributed by atoms with Crippen LogP contribution in [0.25, 0.3) is 0 Å². The minimum Gasteiger partial charge on any atom is -0.366 e. The second-order valence-corrected chi connectivity index (χ2v) is 5.95. The SMILES string of the molecule is CCCC1CCC(NCc2cccc(C(N)=O)c2)CC1. The van der Waals surface area contributed by atoms with Gasteiger partial charge in [-0.3, -0.25) is 4.79 Å². The molecule has 0 spiro atoms. The zero-order chi connectivity index (χ0) is 14.4. The van der Waals surface area contributed by atoms with E-state index in [0.29, 0.717) is 11.6 Å². The lowest BCUT2D eigenvalue weighted by Gasteiger charge is -2.29. The number of primary amides is 1. The van der Waals surface area contributed by atoms with E-state index in [1.54, 1.807) is 6.07 Å². The van der Waals surface area contributed by atoms with Crippen LogP contribution in [0.1, 0.15) is 61.4 Å². The number of amides is 1. The fourth-order valence-electron chi connectivity index (χ4n) is 3.16. The summed E-state index contributed by atoms with van der Waals surface area (Å²) in [7, 11) is 0. The number of hydrogen-bond acceptors (Lipinski definition) is 2. The summed E-state index contributed by atoms with van der Waals surface area (Å²) in [4.78, 5) is 11.2. The van der Waals surface area contributed by atoms with Crippen molar-refractivity contribution < 1.29 is 4.79 Å². The highest BCUT2D eigenvalue weighted by Gasteiger charge is 2.19. The fourth-order valence-corrected chi connectivity index (χ4v) is 3.16. The van der Waals surface area contributed by atoms with E-state index in [2.05, 4.69) is 12.2 Å². The Labute approximate surface area is 121 Å². The lowest BCUT2D eigenvalue weighted by Crippen LogP contribution is -2.32. The molecule has 3 heteroatoms. The van der Waals surface area contributed by atoms with Gasteiger partial charge < -0.3 is 11.1 Å². The second kappa shape index (κ2) is 7.44. The van der Waals surface area contributed by atoms with Crippen molar-refractivity contribution in [3.8, 4) is 0 Å². The fraction of sp³-hybridized carbons (Fsp3) is 0.588. The van der Waals surface area contributed by atoms with Crippen molar-refractivity contribution in [2.24, 2.45) is 11.7 Å². The number of benzene rings is 1.